The lowest BCUT2D eigenvalue weighted by Gasteiger charge is -2.10. The smallest absolute Gasteiger partial charge is 0.133 e. The Hall–Kier alpha value is -1.00. The van der Waals surface area contributed by atoms with Crippen LogP contribution in [-0.4, -0.2) is 9.97 Å². The van der Waals surface area contributed by atoms with E-state index in [-0.39, 0.29) is 0 Å². The van der Waals surface area contributed by atoms with Crippen molar-refractivity contribution in [3.05, 3.63) is 33.5 Å². The van der Waals surface area contributed by atoms with Gasteiger partial charge >= 0.3 is 0 Å². The van der Waals surface area contributed by atoms with Gasteiger partial charge in [-0.3, -0.25) is 0 Å². The highest BCUT2D eigenvalue weighted by Gasteiger charge is 2.09. The van der Waals surface area contributed by atoms with Gasteiger partial charge in [-0.15, -0.1) is 11.3 Å². The highest BCUT2D eigenvalue weighted by atomic mass is 32.1. The molecule has 2 heterocycles. The molecule has 0 bridgehead atoms. The fraction of sp³-hybridized carbons (Fsp3) is 0.333. The van der Waals surface area contributed by atoms with E-state index in [1.54, 1.807) is 11.3 Å². The van der Waals surface area contributed by atoms with E-state index >= 15 is 0 Å². The van der Waals surface area contributed by atoms with Gasteiger partial charge in [0.15, 0.2) is 0 Å². The Kier molecular flexibility index (Phi) is 3.21. The van der Waals surface area contributed by atoms with Crippen LogP contribution < -0.4 is 0 Å². The van der Waals surface area contributed by atoms with Gasteiger partial charge in [0.1, 0.15) is 10.5 Å². The molecule has 2 rings (SSSR count). The summed E-state index contributed by atoms with van der Waals surface area (Å²) in [5, 5.41) is 2.07. The zero-order chi connectivity index (χ0) is 11.7. The summed E-state index contributed by atoms with van der Waals surface area (Å²) in [7, 11) is 0. The number of thiophene rings is 1. The lowest BCUT2D eigenvalue weighted by atomic mass is 10.1. The third kappa shape index (κ3) is 2.08. The maximum atomic E-state index is 5.29. The summed E-state index contributed by atoms with van der Waals surface area (Å²) in [5.41, 5.74) is 2.17. The molecule has 1 N–H and O–H groups in total. The van der Waals surface area contributed by atoms with E-state index < -0.39 is 0 Å². The van der Waals surface area contributed by atoms with Crippen LogP contribution in [0.3, 0.4) is 0 Å². The number of aromatic nitrogens is 2. The Balaban J connectivity index is 2.65. The zero-order valence-electron chi connectivity index (χ0n) is 9.57. The second-order valence-corrected chi connectivity index (χ2v) is 5.39. The second kappa shape index (κ2) is 4.47. The van der Waals surface area contributed by atoms with Gasteiger partial charge in [-0.2, -0.15) is 0 Å². The first-order chi connectivity index (χ1) is 7.59. The molecule has 0 aliphatic heterocycles. The molecular weight excluding hydrogens is 236 g/mol. The van der Waals surface area contributed by atoms with E-state index in [4.69, 9.17) is 12.2 Å². The molecule has 0 aliphatic rings. The Morgan fingerprint density at radius 1 is 1.44 bits per heavy atom. The van der Waals surface area contributed by atoms with Crippen LogP contribution in [0.5, 0.6) is 0 Å². The summed E-state index contributed by atoms with van der Waals surface area (Å²) in [5.74, 6) is 1.32. The molecule has 2 nitrogen and oxygen atoms in total. The molecule has 0 spiro atoms. The number of hydrogen-bond donors (Lipinski definition) is 1. The van der Waals surface area contributed by atoms with Crippen LogP contribution in [-0.2, 0) is 0 Å². The number of H-pyrrole nitrogens is 1. The maximum Gasteiger partial charge on any atom is 0.133 e. The van der Waals surface area contributed by atoms with Crippen LogP contribution in [0.15, 0.2) is 17.5 Å². The standard InChI is InChI=1S/C12H14N2S2/c1-7(2)11-13-10(8(3)12(15)14-11)9-5-4-6-16-9/h4-7H,1-3H3,(H,13,14,15). The molecule has 16 heavy (non-hydrogen) atoms. The van der Waals surface area contributed by atoms with E-state index in [1.807, 2.05) is 13.0 Å². The fourth-order valence-electron chi connectivity index (χ4n) is 1.49. The fourth-order valence-corrected chi connectivity index (χ4v) is 2.47. The first-order valence-electron chi connectivity index (χ1n) is 5.24. The molecule has 0 fully saturated rings. The largest absolute Gasteiger partial charge is 0.342 e. The van der Waals surface area contributed by atoms with Crippen molar-refractivity contribution in [3.8, 4) is 10.6 Å². The molecule has 0 aliphatic carbocycles. The monoisotopic (exact) mass is 250 g/mol. The predicted octanol–water partition coefficient (Wildman–Crippen LogP) is 4.30. The predicted molar refractivity (Wildman–Crippen MR) is 71.6 cm³/mol. The summed E-state index contributed by atoms with van der Waals surface area (Å²) < 4.78 is 0.700. The van der Waals surface area contributed by atoms with E-state index in [0.717, 1.165) is 17.1 Å². The third-order valence-corrected chi connectivity index (χ3v) is 3.77. The summed E-state index contributed by atoms with van der Waals surface area (Å²) >= 11 is 7.01. The Morgan fingerprint density at radius 3 is 2.75 bits per heavy atom. The van der Waals surface area contributed by atoms with Crippen LogP contribution >= 0.6 is 23.6 Å². The van der Waals surface area contributed by atoms with Gasteiger partial charge in [0.25, 0.3) is 0 Å². The van der Waals surface area contributed by atoms with Crippen molar-refractivity contribution in [3.63, 3.8) is 0 Å². The van der Waals surface area contributed by atoms with Crippen LogP contribution in [0.1, 0.15) is 31.2 Å². The van der Waals surface area contributed by atoms with Gasteiger partial charge in [0.2, 0.25) is 0 Å². The number of hydrogen-bond acceptors (Lipinski definition) is 3. The lowest BCUT2D eigenvalue weighted by molar-refractivity contribution is 0.770. The van der Waals surface area contributed by atoms with Crippen LogP contribution in [0, 0.1) is 11.6 Å². The van der Waals surface area contributed by atoms with Crippen molar-refractivity contribution in [2.24, 2.45) is 0 Å². The average Bonchev–Trinajstić information content (AvgIpc) is 2.74. The average molecular weight is 250 g/mol. The minimum atomic E-state index is 0.362. The molecular formula is C12H14N2S2. The first-order valence-corrected chi connectivity index (χ1v) is 6.53. The van der Waals surface area contributed by atoms with E-state index in [1.165, 1.54) is 4.88 Å². The molecule has 0 saturated carbocycles. The van der Waals surface area contributed by atoms with Crippen molar-refractivity contribution in [2.45, 2.75) is 26.7 Å². The summed E-state index contributed by atoms with van der Waals surface area (Å²) in [4.78, 5) is 9.01. The molecule has 2 aromatic heterocycles. The third-order valence-electron chi connectivity index (χ3n) is 2.49. The normalized spacial score (nSPS) is 11.0. The van der Waals surface area contributed by atoms with Crippen LogP contribution in [0.2, 0.25) is 0 Å². The first kappa shape index (κ1) is 11.5. The molecule has 0 amide bonds. The summed E-state index contributed by atoms with van der Waals surface area (Å²) in [6.07, 6.45) is 0. The lowest BCUT2D eigenvalue weighted by Crippen LogP contribution is -2.01. The molecule has 2 aromatic rings. The quantitative estimate of drug-likeness (QED) is 0.805. The van der Waals surface area contributed by atoms with E-state index in [2.05, 4.69) is 35.3 Å². The highest BCUT2D eigenvalue weighted by Crippen LogP contribution is 2.27. The molecule has 0 atom stereocenters. The molecule has 84 valence electrons. The van der Waals surface area contributed by atoms with Crippen LogP contribution in [0.25, 0.3) is 10.6 Å². The minimum Gasteiger partial charge on any atom is -0.342 e. The minimum absolute atomic E-state index is 0.362. The molecule has 0 radical (unpaired) electrons. The highest BCUT2D eigenvalue weighted by molar-refractivity contribution is 7.71. The zero-order valence-corrected chi connectivity index (χ0v) is 11.2. The summed E-state index contributed by atoms with van der Waals surface area (Å²) in [6, 6.07) is 4.15. The van der Waals surface area contributed by atoms with Crippen molar-refractivity contribution in [1.82, 2.24) is 9.97 Å². The van der Waals surface area contributed by atoms with Gasteiger partial charge in [0, 0.05) is 11.5 Å². The van der Waals surface area contributed by atoms with E-state index in [9.17, 15) is 0 Å². The second-order valence-electron chi connectivity index (χ2n) is 4.06. The Morgan fingerprint density at radius 2 is 2.19 bits per heavy atom. The van der Waals surface area contributed by atoms with Crippen LogP contribution in [0.4, 0.5) is 0 Å². The Labute approximate surface area is 104 Å². The SMILES string of the molecule is Cc1c(-c2cccs2)[nH]c(C(C)C)nc1=S. The van der Waals surface area contributed by atoms with Gasteiger partial charge in [-0.25, -0.2) is 4.98 Å². The van der Waals surface area contributed by atoms with Crippen molar-refractivity contribution in [1.29, 1.82) is 0 Å². The number of rotatable bonds is 2. The number of nitrogens with one attached hydrogen (secondary N) is 1. The van der Waals surface area contributed by atoms with E-state index in [0.29, 0.717) is 10.6 Å². The number of aromatic amines is 1. The molecule has 0 saturated heterocycles. The van der Waals surface area contributed by atoms with Crippen molar-refractivity contribution < 1.29 is 0 Å². The summed E-state index contributed by atoms with van der Waals surface area (Å²) in [6.45, 7) is 6.24. The van der Waals surface area contributed by atoms with Gasteiger partial charge in [-0.05, 0) is 18.4 Å². The van der Waals surface area contributed by atoms with Crippen molar-refractivity contribution in [2.75, 3.05) is 0 Å². The van der Waals surface area contributed by atoms with Gasteiger partial charge < -0.3 is 4.98 Å². The van der Waals surface area contributed by atoms with Crippen molar-refractivity contribution >= 4 is 23.6 Å². The maximum absolute atomic E-state index is 5.29. The molecule has 0 unspecified atom stereocenters. The molecule has 0 aromatic carbocycles. The van der Waals surface area contributed by atoms with Gasteiger partial charge in [0.05, 0.1) is 10.6 Å². The molecule has 4 heteroatoms. The topological polar surface area (TPSA) is 28.7 Å². The number of nitrogens with zero attached hydrogens (tertiary/aromatic N) is 1. The van der Waals surface area contributed by atoms with Gasteiger partial charge in [-0.1, -0.05) is 32.1 Å². The Bertz CT molecular complexity index is 539.